The molecule has 36 heavy (non-hydrogen) atoms. The van der Waals surface area contributed by atoms with Crippen molar-refractivity contribution in [3.63, 3.8) is 0 Å². The van der Waals surface area contributed by atoms with Gasteiger partial charge in [0.05, 0.1) is 12.6 Å². The molecule has 2 bridgehead atoms. The van der Waals surface area contributed by atoms with E-state index in [-0.39, 0.29) is 24.9 Å². The molecular formula is C22H31F2N5O7. The predicted molar refractivity (Wildman–Crippen MR) is 116 cm³/mol. The number of nitrogens with one attached hydrogen (secondary N) is 1. The van der Waals surface area contributed by atoms with E-state index in [1.54, 1.807) is 20.8 Å². The van der Waals surface area contributed by atoms with Crippen molar-refractivity contribution < 1.29 is 41.9 Å². The summed E-state index contributed by atoms with van der Waals surface area (Å²) in [5.74, 6) is -1.66. The van der Waals surface area contributed by atoms with Crippen molar-refractivity contribution >= 4 is 18.1 Å². The highest BCUT2D eigenvalue weighted by Gasteiger charge is 2.66. The summed E-state index contributed by atoms with van der Waals surface area (Å²) in [5, 5.41) is 11.0. The van der Waals surface area contributed by atoms with Gasteiger partial charge in [0.15, 0.2) is 0 Å². The lowest BCUT2D eigenvalue weighted by Gasteiger charge is -2.35. The Balaban J connectivity index is 1.46. The summed E-state index contributed by atoms with van der Waals surface area (Å²) in [4.78, 5) is 43.0. The first-order valence-corrected chi connectivity index (χ1v) is 11.7. The summed E-state index contributed by atoms with van der Waals surface area (Å²) in [5.41, 5.74) is -2.30. The van der Waals surface area contributed by atoms with Gasteiger partial charge in [0.1, 0.15) is 17.2 Å². The van der Waals surface area contributed by atoms with Gasteiger partial charge < -0.3 is 24.1 Å². The quantitative estimate of drug-likeness (QED) is 0.566. The normalized spacial score (nSPS) is 23.2. The number of rotatable bonds is 6. The monoisotopic (exact) mass is 515 g/mol. The fourth-order valence-corrected chi connectivity index (χ4v) is 4.39. The van der Waals surface area contributed by atoms with E-state index in [2.05, 4.69) is 15.5 Å². The number of esters is 1. The van der Waals surface area contributed by atoms with Crippen LogP contribution >= 0.6 is 0 Å². The molecule has 1 spiro atoms. The molecule has 1 N–H and O–H groups in total. The van der Waals surface area contributed by atoms with Gasteiger partial charge in [0.25, 0.3) is 0 Å². The van der Waals surface area contributed by atoms with Gasteiger partial charge in [-0.25, -0.2) is 14.4 Å². The molecule has 2 atom stereocenters. The topological polar surface area (TPSA) is 136 Å². The van der Waals surface area contributed by atoms with Crippen LogP contribution in [0.2, 0.25) is 0 Å². The SMILES string of the molecule is CC(C)(C)OC(=O)NCc1nnc([C@@H]2CC3(CC3)[C@H]3CN2C(=O)N3OC(F)(F)C(=O)OC(C)(C)C)o1. The van der Waals surface area contributed by atoms with Crippen molar-refractivity contribution in [2.24, 2.45) is 5.41 Å². The Kier molecular flexibility index (Phi) is 6.17. The summed E-state index contributed by atoms with van der Waals surface area (Å²) >= 11 is 0. The van der Waals surface area contributed by atoms with Crippen molar-refractivity contribution in [1.29, 1.82) is 0 Å². The van der Waals surface area contributed by atoms with E-state index in [1.165, 1.54) is 25.7 Å². The van der Waals surface area contributed by atoms with Gasteiger partial charge in [0.2, 0.25) is 11.8 Å². The average molecular weight is 516 g/mol. The minimum Gasteiger partial charge on any atom is -0.453 e. The maximum Gasteiger partial charge on any atom is 0.477 e. The van der Waals surface area contributed by atoms with Crippen LogP contribution in [0.4, 0.5) is 18.4 Å². The van der Waals surface area contributed by atoms with E-state index in [0.717, 1.165) is 0 Å². The Morgan fingerprint density at radius 3 is 2.33 bits per heavy atom. The first-order valence-electron chi connectivity index (χ1n) is 11.7. The number of alkyl carbamates (subject to hydrolysis) is 1. The third kappa shape index (κ3) is 5.37. The van der Waals surface area contributed by atoms with Gasteiger partial charge in [0, 0.05) is 6.54 Å². The van der Waals surface area contributed by atoms with Crippen LogP contribution in [0.3, 0.4) is 0 Å². The number of hydrogen-bond acceptors (Lipinski definition) is 9. The number of hydrogen-bond donors (Lipinski definition) is 1. The van der Waals surface area contributed by atoms with Crippen molar-refractivity contribution in [1.82, 2.24) is 25.5 Å². The first-order chi connectivity index (χ1) is 16.5. The van der Waals surface area contributed by atoms with Crippen LogP contribution in [-0.4, -0.2) is 68.2 Å². The smallest absolute Gasteiger partial charge is 0.453 e. The molecule has 0 radical (unpaired) electrons. The number of carbonyl (C=O) groups is 3. The molecule has 0 unspecified atom stereocenters. The lowest BCUT2D eigenvalue weighted by Crippen LogP contribution is -2.48. The molecule has 1 aromatic rings. The van der Waals surface area contributed by atoms with Crippen molar-refractivity contribution in [2.45, 2.75) is 96.7 Å². The molecule has 1 saturated carbocycles. The number of nitrogens with zero attached hydrogens (tertiary/aromatic N) is 4. The molecule has 3 aliphatic rings. The minimum atomic E-state index is -4.35. The van der Waals surface area contributed by atoms with E-state index in [9.17, 15) is 23.2 Å². The highest BCUT2D eigenvalue weighted by molar-refractivity contribution is 5.79. The molecule has 2 aliphatic heterocycles. The molecular weight excluding hydrogens is 484 g/mol. The van der Waals surface area contributed by atoms with Crippen LogP contribution in [0, 0.1) is 5.41 Å². The Hall–Kier alpha value is -3.03. The Morgan fingerprint density at radius 2 is 1.75 bits per heavy atom. The van der Waals surface area contributed by atoms with Crippen molar-refractivity contribution in [3.8, 4) is 0 Å². The fourth-order valence-electron chi connectivity index (χ4n) is 4.39. The van der Waals surface area contributed by atoms with Gasteiger partial charge in [-0.1, -0.05) is 0 Å². The van der Waals surface area contributed by atoms with Crippen LogP contribution < -0.4 is 5.32 Å². The second-order valence-corrected chi connectivity index (χ2v) is 11.4. The van der Waals surface area contributed by atoms with Gasteiger partial charge in [-0.2, -0.15) is 18.7 Å². The highest BCUT2D eigenvalue weighted by Crippen LogP contribution is 2.62. The maximum absolute atomic E-state index is 14.6. The lowest BCUT2D eigenvalue weighted by molar-refractivity contribution is -0.335. The molecule has 14 heteroatoms. The zero-order chi connectivity index (χ0) is 26.7. The molecule has 3 heterocycles. The van der Waals surface area contributed by atoms with E-state index < -0.39 is 52.9 Å². The van der Waals surface area contributed by atoms with Crippen LogP contribution in [0.25, 0.3) is 0 Å². The minimum absolute atomic E-state index is 0.0896. The third-order valence-electron chi connectivity index (χ3n) is 6.06. The van der Waals surface area contributed by atoms with Gasteiger partial charge in [-0.05, 0) is 66.2 Å². The number of urea groups is 1. The number of hydroxylamine groups is 2. The average Bonchev–Trinajstić information content (AvgIpc) is 3.22. The summed E-state index contributed by atoms with van der Waals surface area (Å²) in [7, 11) is 0. The highest BCUT2D eigenvalue weighted by atomic mass is 19.3. The van der Waals surface area contributed by atoms with Crippen molar-refractivity contribution in [3.05, 3.63) is 11.8 Å². The standard InChI is InChI=1S/C22H31F2N5O7/c1-19(2,3)34-16(30)22(23,24)36-29-13-11-28(18(29)32)12(9-21(13)7-8-21)15-27-26-14(33-15)10-25-17(31)35-20(4,5)6/h12-13H,7-11H2,1-6H3,(H,25,31)/t12-,13+/m0/s1. The Labute approximate surface area is 206 Å². The van der Waals surface area contributed by atoms with Crippen LogP contribution in [0.5, 0.6) is 0 Å². The first kappa shape index (κ1) is 26.0. The Morgan fingerprint density at radius 1 is 1.11 bits per heavy atom. The van der Waals surface area contributed by atoms with E-state index in [4.69, 9.17) is 18.7 Å². The van der Waals surface area contributed by atoms with E-state index in [0.29, 0.717) is 24.3 Å². The Bertz CT molecular complexity index is 1040. The van der Waals surface area contributed by atoms with Crippen LogP contribution in [0.15, 0.2) is 4.42 Å². The molecule has 3 fully saturated rings. The van der Waals surface area contributed by atoms with Crippen molar-refractivity contribution in [2.75, 3.05) is 6.54 Å². The number of ether oxygens (including phenoxy) is 2. The molecule has 0 aromatic carbocycles. The zero-order valence-corrected chi connectivity index (χ0v) is 21.1. The molecule has 12 nitrogen and oxygen atoms in total. The summed E-state index contributed by atoms with van der Waals surface area (Å²) in [6, 6.07) is -2.16. The number of fused-ring (bicyclic) bond motifs is 3. The number of aromatic nitrogens is 2. The van der Waals surface area contributed by atoms with Gasteiger partial charge in [-0.15, -0.1) is 10.2 Å². The van der Waals surface area contributed by atoms with E-state index in [1.807, 2.05) is 0 Å². The molecule has 3 amide bonds. The number of piperidine rings is 1. The summed E-state index contributed by atoms with van der Waals surface area (Å²) in [6.45, 7) is 9.54. The molecule has 1 aromatic heterocycles. The predicted octanol–water partition coefficient (Wildman–Crippen LogP) is 3.29. The third-order valence-corrected chi connectivity index (χ3v) is 6.06. The van der Waals surface area contributed by atoms with E-state index >= 15 is 0 Å². The number of carbonyl (C=O) groups excluding carboxylic acids is 3. The number of halogens is 2. The molecule has 1 aliphatic carbocycles. The summed E-state index contributed by atoms with van der Waals surface area (Å²) in [6.07, 6.45) is -3.23. The van der Waals surface area contributed by atoms with Crippen LogP contribution in [-0.2, 0) is 25.7 Å². The molecule has 4 rings (SSSR count). The van der Waals surface area contributed by atoms with Gasteiger partial charge in [-0.3, -0.25) is 0 Å². The summed E-state index contributed by atoms with van der Waals surface area (Å²) < 4.78 is 44.8. The molecule has 2 saturated heterocycles. The fraction of sp³-hybridized carbons (Fsp3) is 0.773. The molecule has 200 valence electrons. The maximum atomic E-state index is 14.6. The largest absolute Gasteiger partial charge is 0.477 e. The van der Waals surface area contributed by atoms with Crippen LogP contribution in [0.1, 0.15) is 78.6 Å². The second kappa shape index (κ2) is 8.53. The number of alkyl halides is 2. The lowest BCUT2D eigenvalue weighted by atomic mass is 9.85. The zero-order valence-electron chi connectivity index (χ0n) is 21.1. The van der Waals surface area contributed by atoms with Gasteiger partial charge >= 0.3 is 24.2 Å². The number of amides is 3. The second-order valence-electron chi connectivity index (χ2n) is 11.4.